The SMILES string of the molecule is COc1cc(C#N)ccc1Oc1ncc(-c2ccc(C#N)cc2)c(C)c1C(=O)Nc1cccc([S@](C)(=N)=O)c1. The Balaban J connectivity index is 1.82. The zero-order valence-corrected chi connectivity index (χ0v) is 22.1. The van der Waals surface area contributed by atoms with Gasteiger partial charge in [-0.05, 0) is 60.5 Å². The molecule has 10 heteroatoms. The molecule has 0 saturated heterocycles. The summed E-state index contributed by atoms with van der Waals surface area (Å²) in [5.74, 6) is 0.00607. The number of aromatic nitrogens is 1. The Hall–Kier alpha value is -5.19. The van der Waals surface area contributed by atoms with Crippen LogP contribution in [-0.2, 0) is 9.73 Å². The third-order valence-corrected chi connectivity index (χ3v) is 7.05. The molecule has 194 valence electrons. The van der Waals surface area contributed by atoms with Crippen LogP contribution < -0.4 is 14.8 Å². The summed E-state index contributed by atoms with van der Waals surface area (Å²) in [5, 5.41) is 21.2. The molecule has 39 heavy (non-hydrogen) atoms. The second kappa shape index (κ2) is 11.1. The molecule has 1 aromatic heterocycles. The van der Waals surface area contributed by atoms with E-state index >= 15 is 0 Å². The van der Waals surface area contributed by atoms with Crippen molar-refractivity contribution in [2.75, 3.05) is 18.7 Å². The Morgan fingerprint density at radius 1 is 1.00 bits per heavy atom. The molecule has 0 spiro atoms. The van der Waals surface area contributed by atoms with Crippen molar-refractivity contribution in [1.29, 1.82) is 15.3 Å². The van der Waals surface area contributed by atoms with Gasteiger partial charge >= 0.3 is 0 Å². The van der Waals surface area contributed by atoms with Gasteiger partial charge in [-0.15, -0.1) is 0 Å². The first-order chi connectivity index (χ1) is 18.6. The number of carbonyl (C=O) groups excluding carboxylic acids is 1. The van der Waals surface area contributed by atoms with Crippen LogP contribution in [0.2, 0.25) is 0 Å². The number of pyridine rings is 1. The molecule has 3 aromatic carbocycles. The second-order valence-corrected chi connectivity index (χ2v) is 10.7. The molecule has 1 amide bonds. The summed E-state index contributed by atoms with van der Waals surface area (Å²) >= 11 is 0. The van der Waals surface area contributed by atoms with Gasteiger partial charge in [0.2, 0.25) is 5.88 Å². The van der Waals surface area contributed by atoms with E-state index < -0.39 is 15.6 Å². The summed E-state index contributed by atoms with van der Waals surface area (Å²) in [5.41, 5.74) is 3.32. The number of nitrogens with one attached hydrogen (secondary N) is 2. The highest BCUT2D eigenvalue weighted by Gasteiger charge is 2.23. The lowest BCUT2D eigenvalue weighted by atomic mass is 9.97. The second-order valence-electron chi connectivity index (χ2n) is 8.57. The number of hydrogen-bond donors (Lipinski definition) is 2. The Bertz CT molecular complexity index is 1770. The number of rotatable bonds is 7. The van der Waals surface area contributed by atoms with Crippen molar-refractivity contribution < 1.29 is 18.5 Å². The molecular formula is C29H23N5O4S. The zero-order valence-electron chi connectivity index (χ0n) is 21.3. The molecule has 0 aliphatic rings. The molecule has 0 radical (unpaired) electrons. The van der Waals surface area contributed by atoms with E-state index in [4.69, 9.17) is 19.5 Å². The molecule has 0 aliphatic carbocycles. The van der Waals surface area contributed by atoms with E-state index in [-0.39, 0.29) is 27.8 Å². The van der Waals surface area contributed by atoms with Crippen LogP contribution in [0.15, 0.2) is 77.8 Å². The molecular weight excluding hydrogens is 514 g/mol. The van der Waals surface area contributed by atoms with E-state index in [0.29, 0.717) is 27.9 Å². The summed E-state index contributed by atoms with van der Waals surface area (Å²) in [7, 11) is -1.55. The van der Waals surface area contributed by atoms with Crippen molar-refractivity contribution >= 4 is 21.3 Å². The Labute approximate surface area is 226 Å². The van der Waals surface area contributed by atoms with Crippen LogP contribution in [0, 0.1) is 34.4 Å². The molecule has 2 N–H and O–H groups in total. The third-order valence-electron chi connectivity index (χ3n) is 5.90. The van der Waals surface area contributed by atoms with Crippen molar-refractivity contribution in [2.45, 2.75) is 11.8 Å². The van der Waals surface area contributed by atoms with Crippen LogP contribution >= 0.6 is 0 Å². The van der Waals surface area contributed by atoms with E-state index in [2.05, 4.69) is 16.4 Å². The molecule has 9 nitrogen and oxygen atoms in total. The average Bonchev–Trinajstić information content (AvgIpc) is 2.93. The maximum atomic E-state index is 13.7. The summed E-state index contributed by atoms with van der Waals surface area (Å²) in [6.45, 7) is 1.76. The van der Waals surface area contributed by atoms with Gasteiger partial charge in [-0.3, -0.25) is 4.79 Å². The molecule has 1 atom stereocenters. The topological polar surface area (TPSA) is 149 Å². The maximum absolute atomic E-state index is 13.7. The van der Waals surface area contributed by atoms with Crippen LogP contribution in [0.4, 0.5) is 5.69 Å². The summed E-state index contributed by atoms with van der Waals surface area (Å²) in [6.07, 6.45) is 2.88. The van der Waals surface area contributed by atoms with E-state index in [1.807, 2.05) is 6.07 Å². The number of carbonyl (C=O) groups is 1. The van der Waals surface area contributed by atoms with Crippen LogP contribution in [0.1, 0.15) is 27.0 Å². The largest absolute Gasteiger partial charge is 0.493 e. The number of anilines is 1. The minimum absolute atomic E-state index is 0.00124. The molecule has 0 unspecified atom stereocenters. The van der Waals surface area contributed by atoms with Gasteiger partial charge in [0.1, 0.15) is 5.56 Å². The van der Waals surface area contributed by atoms with Gasteiger partial charge in [0.15, 0.2) is 11.5 Å². The highest BCUT2D eigenvalue weighted by molar-refractivity contribution is 7.91. The first-order valence-electron chi connectivity index (χ1n) is 11.6. The third kappa shape index (κ3) is 5.87. The number of methoxy groups -OCH3 is 1. The Kier molecular flexibility index (Phi) is 7.61. The van der Waals surface area contributed by atoms with Crippen molar-refractivity contribution in [3.63, 3.8) is 0 Å². The minimum atomic E-state index is -2.99. The van der Waals surface area contributed by atoms with E-state index in [0.717, 1.165) is 5.56 Å². The Morgan fingerprint density at radius 3 is 2.33 bits per heavy atom. The summed E-state index contributed by atoms with van der Waals surface area (Å²) < 4.78 is 31.5. The first-order valence-corrected chi connectivity index (χ1v) is 13.5. The fourth-order valence-electron chi connectivity index (χ4n) is 3.88. The quantitative estimate of drug-likeness (QED) is 0.298. The van der Waals surface area contributed by atoms with Crippen LogP contribution in [0.5, 0.6) is 17.4 Å². The smallest absolute Gasteiger partial charge is 0.261 e. The van der Waals surface area contributed by atoms with Crippen molar-refractivity contribution in [1.82, 2.24) is 4.98 Å². The zero-order chi connectivity index (χ0) is 28.2. The normalized spacial score (nSPS) is 11.9. The fraction of sp³-hybridized carbons (Fsp3) is 0.103. The number of ether oxygens (including phenoxy) is 2. The van der Waals surface area contributed by atoms with Crippen molar-refractivity contribution in [3.05, 3.63) is 95.2 Å². The lowest BCUT2D eigenvalue weighted by Gasteiger charge is -2.17. The minimum Gasteiger partial charge on any atom is -0.493 e. The van der Waals surface area contributed by atoms with Crippen LogP contribution in [-0.4, -0.2) is 28.5 Å². The molecule has 1 heterocycles. The molecule has 0 fully saturated rings. The predicted molar refractivity (Wildman–Crippen MR) is 146 cm³/mol. The number of nitriles is 2. The van der Waals surface area contributed by atoms with Crippen LogP contribution in [0.25, 0.3) is 11.1 Å². The predicted octanol–water partition coefficient (Wildman–Crippen LogP) is 5.89. The molecule has 0 bridgehead atoms. The number of hydrogen-bond acceptors (Lipinski definition) is 8. The lowest BCUT2D eigenvalue weighted by Crippen LogP contribution is -2.16. The van der Waals surface area contributed by atoms with Gasteiger partial charge in [0.25, 0.3) is 5.91 Å². The van der Waals surface area contributed by atoms with Gasteiger partial charge in [-0.1, -0.05) is 18.2 Å². The van der Waals surface area contributed by atoms with Gasteiger partial charge in [-0.25, -0.2) is 14.0 Å². The Morgan fingerprint density at radius 2 is 1.69 bits per heavy atom. The molecule has 4 aromatic rings. The van der Waals surface area contributed by atoms with E-state index in [1.165, 1.54) is 25.5 Å². The monoisotopic (exact) mass is 537 g/mol. The van der Waals surface area contributed by atoms with Gasteiger partial charge in [0.05, 0.1) is 40.1 Å². The first kappa shape index (κ1) is 26.9. The fourth-order valence-corrected chi connectivity index (χ4v) is 4.57. The van der Waals surface area contributed by atoms with Gasteiger partial charge < -0.3 is 14.8 Å². The summed E-state index contributed by atoms with van der Waals surface area (Å²) in [4.78, 5) is 18.4. The highest BCUT2D eigenvalue weighted by atomic mass is 32.2. The van der Waals surface area contributed by atoms with Crippen molar-refractivity contribution in [3.8, 4) is 40.6 Å². The van der Waals surface area contributed by atoms with Crippen LogP contribution in [0.3, 0.4) is 0 Å². The van der Waals surface area contributed by atoms with Gasteiger partial charge in [-0.2, -0.15) is 10.5 Å². The van der Waals surface area contributed by atoms with E-state index in [1.54, 1.807) is 67.7 Å². The average molecular weight is 538 g/mol. The molecule has 0 aliphatic heterocycles. The highest BCUT2D eigenvalue weighted by Crippen LogP contribution is 2.36. The van der Waals surface area contributed by atoms with Gasteiger partial charge in [0, 0.05) is 34.7 Å². The molecule has 4 rings (SSSR count). The summed E-state index contributed by atoms with van der Waals surface area (Å²) in [6, 6.07) is 21.9. The van der Waals surface area contributed by atoms with Crippen molar-refractivity contribution in [2.24, 2.45) is 0 Å². The number of nitrogens with zero attached hydrogens (tertiary/aromatic N) is 3. The standard InChI is InChI=1S/C29H23N5O4S/c1-18-24(21-10-7-19(15-30)8-11-21)17-33-29(38-25-12-9-20(16-31)13-26(25)37-2)27(18)28(35)34-22-5-4-6-23(14-22)39(3,32)36/h4-14,17,32H,1-3H3,(H,34,35)/t39-/m1/s1. The molecule has 0 saturated carbocycles. The van der Waals surface area contributed by atoms with E-state index in [9.17, 15) is 14.3 Å². The lowest BCUT2D eigenvalue weighted by molar-refractivity contribution is 0.102. The maximum Gasteiger partial charge on any atom is 0.261 e. The number of benzene rings is 3. The number of amides is 1.